The number of hydrogen-bond donors (Lipinski definition) is 1. The van der Waals surface area contributed by atoms with Crippen LogP contribution in [0.2, 0.25) is 0 Å². The van der Waals surface area contributed by atoms with Crippen LogP contribution in [0.3, 0.4) is 0 Å². The van der Waals surface area contributed by atoms with Gasteiger partial charge in [-0.25, -0.2) is 0 Å². The highest BCUT2D eigenvalue weighted by atomic mass is 127. The van der Waals surface area contributed by atoms with Gasteiger partial charge in [-0.1, -0.05) is 0 Å². The second kappa shape index (κ2) is 4.37. The number of thiophene rings is 1. The molecule has 4 heteroatoms. The standard InChI is InChI=1S/C10H8INOS/c11-9-2-1-8(14-9)10(13)7-3-5-12-6-4-7/h1-6,10,13H. The number of pyridine rings is 1. The Kier molecular flexibility index (Phi) is 3.15. The Balaban J connectivity index is 2.29. The third-order valence-corrected chi connectivity index (χ3v) is 3.83. The molecule has 2 heterocycles. The fraction of sp³-hybridized carbons (Fsp3) is 0.100. The van der Waals surface area contributed by atoms with Gasteiger partial charge in [0.1, 0.15) is 6.10 Å². The van der Waals surface area contributed by atoms with Gasteiger partial charge in [-0.05, 0) is 52.4 Å². The Hall–Kier alpha value is -0.460. The molecule has 14 heavy (non-hydrogen) atoms. The Bertz CT molecular complexity index is 415. The third kappa shape index (κ3) is 2.13. The summed E-state index contributed by atoms with van der Waals surface area (Å²) in [5, 5.41) is 9.98. The molecule has 0 aliphatic heterocycles. The van der Waals surface area contributed by atoms with E-state index in [4.69, 9.17) is 0 Å². The molecule has 0 amide bonds. The van der Waals surface area contributed by atoms with Crippen molar-refractivity contribution in [3.8, 4) is 0 Å². The number of nitrogens with zero attached hydrogens (tertiary/aromatic N) is 1. The van der Waals surface area contributed by atoms with Crippen molar-refractivity contribution in [2.75, 3.05) is 0 Å². The first-order valence-electron chi connectivity index (χ1n) is 4.10. The van der Waals surface area contributed by atoms with Crippen molar-refractivity contribution in [2.45, 2.75) is 6.10 Å². The molecule has 0 spiro atoms. The van der Waals surface area contributed by atoms with Crippen molar-refractivity contribution < 1.29 is 5.11 Å². The van der Waals surface area contributed by atoms with Crippen LogP contribution < -0.4 is 0 Å². The predicted molar refractivity (Wildman–Crippen MR) is 65.3 cm³/mol. The van der Waals surface area contributed by atoms with E-state index in [0.29, 0.717) is 0 Å². The zero-order chi connectivity index (χ0) is 9.97. The van der Waals surface area contributed by atoms with Crippen LogP contribution in [0, 0.1) is 2.88 Å². The minimum atomic E-state index is -0.522. The highest BCUT2D eigenvalue weighted by Crippen LogP contribution is 2.28. The monoisotopic (exact) mass is 317 g/mol. The molecule has 0 saturated carbocycles. The molecule has 0 aliphatic rings. The van der Waals surface area contributed by atoms with Gasteiger partial charge in [-0.15, -0.1) is 11.3 Å². The largest absolute Gasteiger partial charge is 0.383 e. The van der Waals surface area contributed by atoms with Crippen LogP contribution in [0.4, 0.5) is 0 Å². The molecule has 2 aromatic rings. The third-order valence-electron chi connectivity index (χ3n) is 1.89. The second-order valence-electron chi connectivity index (χ2n) is 2.82. The molecule has 1 N–H and O–H groups in total. The molecule has 0 aliphatic carbocycles. The molecule has 0 bridgehead atoms. The smallest absolute Gasteiger partial charge is 0.113 e. The second-order valence-corrected chi connectivity index (χ2v) is 5.83. The lowest BCUT2D eigenvalue weighted by molar-refractivity contribution is 0.224. The van der Waals surface area contributed by atoms with Crippen molar-refractivity contribution >= 4 is 33.9 Å². The zero-order valence-electron chi connectivity index (χ0n) is 7.22. The molecule has 2 nitrogen and oxygen atoms in total. The van der Waals surface area contributed by atoms with E-state index in [9.17, 15) is 5.11 Å². The summed E-state index contributed by atoms with van der Waals surface area (Å²) in [5.41, 5.74) is 0.887. The van der Waals surface area contributed by atoms with Gasteiger partial charge in [-0.3, -0.25) is 4.98 Å². The molecular weight excluding hydrogens is 309 g/mol. The van der Waals surface area contributed by atoms with Crippen LogP contribution in [0.5, 0.6) is 0 Å². The molecule has 0 saturated heterocycles. The van der Waals surface area contributed by atoms with E-state index in [1.807, 2.05) is 24.3 Å². The number of aromatic nitrogens is 1. The topological polar surface area (TPSA) is 33.1 Å². The van der Waals surface area contributed by atoms with Crippen molar-refractivity contribution in [3.63, 3.8) is 0 Å². The van der Waals surface area contributed by atoms with Crippen LogP contribution in [-0.2, 0) is 0 Å². The maximum Gasteiger partial charge on any atom is 0.113 e. The highest BCUT2D eigenvalue weighted by molar-refractivity contribution is 14.1. The van der Waals surface area contributed by atoms with E-state index in [2.05, 4.69) is 27.6 Å². The summed E-state index contributed by atoms with van der Waals surface area (Å²) in [6, 6.07) is 7.62. The summed E-state index contributed by atoms with van der Waals surface area (Å²) < 4.78 is 1.19. The lowest BCUT2D eigenvalue weighted by atomic mass is 10.1. The van der Waals surface area contributed by atoms with Crippen molar-refractivity contribution in [1.29, 1.82) is 0 Å². The first-order chi connectivity index (χ1) is 6.77. The number of hydrogen-bond acceptors (Lipinski definition) is 3. The number of halogens is 1. The van der Waals surface area contributed by atoms with Gasteiger partial charge in [0.25, 0.3) is 0 Å². The van der Waals surface area contributed by atoms with Gasteiger partial charge in [0, 0.05) is 17.3 Å². The minimum Gasteiger partial charge on any atom is -0.383 e. The fourth-order valence-electron chi connectivity index (χ4n) is 1.19. The Morgan fingerprint density at radius 2 is 1.93 bits per heavy atom. The van der Waals surface area contributed by atoms with Crippen LogP contribution in [0.25, 0.3) is 0 Å². The maximum atomic E-state index is 9.98. The molecule has 72 valence electrons. The van der Waals surface area contributed by atoms with E-state index in [0.717, 1.165) is 10.4 Å². The van der Waals surface area contributed by atoms with Crippen LogP contribution in [0.15, 0.2) is 36.7 Å². The molecule has 1 atom stereocenters. The lowest BCUT2D eigenvalue weighted by Crippen LogP contribution is -1.96. The van der Waals surface area contributed by atoms with Crippen molar-refractivity contribution in [2.24, 2.45) is 0 Å². The average Bonchev–Trinajstić information content (AvgIpc) is 2.65. The van der Waals surface area contributed by atoms with Crippen LogP contribution >= 0.6 is 33.9 Å². The van der Waals surface area contributed by atoms with Crippen LogP contribution in [0.1, 0.15) is 16.5 Å². The molecule has 2 rings (SSSR count). The number of rotatable bonds is 2. The minimum absolute atomic E-state index is 0.522. The number of aliphatic hydroxyl groups is 1. The van der Waals surface area contributed by atoms with Crippen molar-refractivity contribution in [3.05, 3.63) is 50.0 Å². The first kappa shape index (κ1) is 10.1. The van der Waals surface area contributed by atoms with Gasteiger partial charge in [0.2, 0.25) is 0 Å². The molecule has 1 unspecified atom stereocenters. The molecular formula is C10H8INOS. The summed E-state index contributed by atoms with van der Waals surface area (Å²) in [6.07, 6.45) is 2.86. The normalized spacial score (nSPS) is 12.7. The van der Waals surface area contributed by atoms with E-state index >= 15 is 0 Å². The van der Waals surface area contributed by atoms with Gasteiger partial charge >= 0.3 is 0 Å². The summed E-state index contributed by atoms with van der Waals surface area (Å²) in [5.74, 6) is 0. The summed E-state index contributed by atoms with van der Waals surface area (Å²) >= 11 is 3.86. The SMILES string of the molecule is OC(c1ccncc1)c1ccc(I)s1. The molecule has 0 radical (unpaired) electrons. The van der Waals surface area contributed by atoms with E-state index in [1.165, 1.54) is 2.88 Å². The molecule has 0 fully saturated rings. The van der Waals surface area contributed by atoms with Gasteiger partial charge < -0.3 is 5.11 Å². The van der Waals surface area contributed by atoms with Crippen molar-refractivity contribution in [1.82, 2.24) is 4.98 Å². The fourth-order valence-corrected chi connectivity index (χ4v) is 2.87. The number of aliphatic hydroxyl groups excluding tert-OH is 1. The Morgan fingerprint density at radius 1 is 1.21 bits per heavy atom. The highest BCUT2D eigenvalue weighted by Gasteiger charge is 2.11. The van der Waals surface area contributed by atoms with E-state index < -0.39 is 6.10 Å². The maximum absolute atomic E-state index is 9.98. The summed E-state index contributed by atoms with van der Waals surface area (Å²) in [4.78, 5) is 4.89. The molecule has 0 aromatic carbocycles. The first-order valence-corrected chi connectivity index (χ1v) is 6.00. The summed E-state index contributed by atoms with van der Waals surface area (Å²) in [7, 11) is 0. The van der Waals surface area contributed by atoms with Crippen LogP contribution in [-0.4, -0.2) is 10.1 Å². The predicted octanol–water partition coefficient (Wildman–Crippen LogP) is 2.83. The Labute approximate surface area is 99.8 Å². The average molecular weight is 317 g/mol. The van der Waals surface area contributed by atoms with Gasteiger partial charge in [-0.2, -0.15) is 0 Å². The molecule has 2 aromatic heterocycles. The van der Waals surface area contributed by atoms with E-state index in [-0.39, 0.29) is 0 Å². The van der Waals surface area contributed by atoms with Gasteiger partial charge in [0.15, 0.2) is 0 Å². The lowest BCUT2D eigenvalue weighted by Gasteiger charge is -2.07. The van der Waals surface area contributed by atoms with Gasteiger partial charge in [0.05, 0.1) is 2.88 Å². The Morgan fingerprint density at radius 3 is 2.50 bits per heavy atom. The summed E-state index contributed by atoms with van der Waals surface area (Å²) in [6.45, 7) is 0. The quantitative estimate of drug-likeness (QED) is 0.864. The van der Waals surface area contributed by atoms with E-state index in [1.54, 1.807) is 23.7 Å². The zero-order valence-corrected chi connectivity index (χ0v) is 10.2.